The van der Waals surface area contributed by atoms with Crippen LogP contribution in [0.4, 0.5) is 0 Å². The molecule has 1 atom stereocenters. The molecule has 0 saturated heterocycles. The van der Waals surface area contributed by atoms with Crippen molar-refractivity contribution in [2.24, 2.45) is 5.84 Å². The van der Waals surface area contributed by atoms with E-state index in [-0.39, 0.29) is 6.04 Å². The fraction of sp³-hybridized carbons (Fsp3) is 0.312. The van der Waals surface area contributed by atoms with Crippen molar-refractivity contribution in [1.29, 1.82) is 0 Å². The van der Waals surface area contributed by atoms with Gasteiger partial charge in [0.25, 0.3) is 0 Å². The Morgan fingerprint density at radius 1 is 1.20 bits per heavy atom. The summed E-state index contributed by atoms with van der Waals surface area (Å²) >= 11 is 0. The second kappa shape index (κ2) is 7.62. The van der Waals surface area contributed by atoms with E-state index in [0.29, 0.717) is 0 Å². The van der Waals surface area contributed by atoms with E-state index < -0.39 is 0 Å². The molecule has 0 fully saturated rings. The molecule has 1 unspecified atom stereocenters. The van der Waals surface area contributed by atoms with Crippen molar-refractivity contribution in [2.75, 3.05) is 6.61 Å². The lowest BCUT2D eigenvalue weighted by molar-refractivity contribution is 0.309. The highest BCUT2D eigenvalue weighted by molar-refractivity contribution is 5.34. The first-order valence-corrected chi connectivity index (χ1v) is 6.94. The Labute approximate surface area is 120 Å². The molecule has 20 heavy (non-hydrogen) atoms. The van der Waals surface area contributed by atoms with Gasteiger partial charge in [0.15, 0.2) is 0 Å². The molecule has 3 N–H and O–H groups in total. The van der Waals surface area contributed by atoms with Gasteiger partial charge in [0.05, 0.1) is 12.6 Å². The second-order valence-corrected chi connectivity index (χ2v) is 4.66. The van der Waals surface area contributed by atoms with E-state index in [0.717, 1.165) is 36.3 Å². The van der Waals surface area contributed by atoms with Gasteiger partial charge in [-0.25, -0.2) is 5.43 Å². The first kappa shape index (κ1) is 14.5. The van der Waals surface area contributed by atoms with Crippen LogP contribution in [0.1, 0.15) is 36.9 Å². The Morgan fingerprint density at radius 3 is 2.60 bits per heavy atom. The Kier molecular flexibility index (Phi) is 5.53. The fourth-order valence-corrected chi connectivity index (χ4v) is 2.02. The third-order valence-electron chi connectivity index (χ3n) is 3.16. The average Bonchev–Trinajstić information content (AvgIpc) is 2.51. The van der Waals surface area contributed by atoms with Crippen molar-refractivity contribution in [3.05, 3.63) is 59.9 Å². The predicted octanol–water partition coefficient (Wildman–Crippen LogP) is 2.81. The topological polar surface area (TPSA) is 60.2 Å². The van der Waals surface area contributed by atoms with Gasteiger partial charge in [-0.15, -0.1) is 0 Å². The Morgan fingerprint density at radius 2 is 2.00 bits per heavy atom. The van der Waals surface area contributed by atoms with E-state index in [4.69, 9.17) is 10.6 Å². The number of hydrogen-bond acceptors (Lipinski definition) is 4. The van der Waals surface area contributed by atoms with E-state index >= 15 is 0 Å². The molecule has 1 heterocycles. The summed E-state index contributed by atoms with van der Waals surface area (Å²) in [6.45, 7) is 2.91. The highest BCUT2D eigenvalue weighted by atomic mass is 16.5. The number of ether oxygens (including phenoxy) is 1. The molecule has 0 amide bonds. The SMILES string of the molecule is CCCCOc1ccc(C(NN)c2cccnc2)cc1. The zero-order valence-electron chi connectivity index (χ0n) is 11.8. The van der Waals surface area contributed by atoms with Crippen LogP contribution in [0.3, 0.4) is 0 Å². The second-order valence-electron chi connectivity index (χ2n) is 4.66. The minimum atomic E-state index is -0.0617. The molecule has 0 aliphatic carbocycles. The smallest absolute Gasteiger partial charge is 0.119 e. The Bertz CT molecular complexity index is 499. The van der Waals surface area contributed by atoms with Crippen molar-refractivity contribution in [2.45, 2.75) is 25.8 Å². The minimum absolute atomic E-state index is 0.0617. The molecule has 0 aliphatic rings. The van der Waals surface area contributed by atoms with Gasteiger partial charge in [-0.3, -0.25) is 10.8 Å². The molecule has 2 aromatic rings. The molecular formula is C16H21N3O. The predicted molar refractivity (Wildman–Crippen MR) is 80.2 cm³/mol. The number of nitrogens with zero attached hydrogens (tertiary/aromatic N) is 1. The summed E-state index contributed by atoms with van der Waals surface area (Å²) in [5.74, 6) is 6.56. The van der Waals surface area contributed by atoms with Crippen LogP contribution in [0.2, 0.25) is 0 Å². The van der Waals surface area contributed by atoms with Crippen molar-refractivity contribution in [3.8, 4) is 5.75 Å². The molecule has 0 aliphatic heterocycles. The minimum Gasteiger partial charge on any atom is -0.494 e. The summed E-state index contributed by atoms with van der Waals surface area (Å²) in [7, 11) is 0. The lowest BCUT2D eigenvalue weighted by Crippen LogP contribution is -2.28. The number of nitrogens with one attached hydrogen (secondary N) is 1. The summed E-state index contributed by atoms with van der Waals surface area (Å²) in [5, 5.41) is 0. The van der Waals surface area contributed by atoms with Gasteiger partial charge in [0.2, 0.25) is 0 Å². The molecule has 1 aromatic heterocycles. The van der Waals surface area contributed by atoms with Gasteiger partial charge >= 0.3 is 0 Å². The van der Waals surface area contributed by atoms with E-state index in [1.165, 1.54) is 0 Å². The first-order valence-electron chi connectivity index (χ1n) is 6.94. The molecule has 4 nitrogen and oxygen atoms in total. The third-order valence-corrected chi connectivity index (χ3v) is 3.16. The van der Waals surface area contributed by atoms with Crippen LogP contribution in [0, 0.1) is 0 Å². The van der Waals surface area contributed by atoms with E-state index in [1.54, 1.807) is 6.20 Å². The molecule has 4 heteroatoms. The highest BCUT2D eigenvalue weighted by Gasteiger charge is 2.12. The summed E-state index contributed by atoms with van der Waals surface area (Å²) in [4.78, 5) is 4.13. The molecule has 0 radical (unpaired) electrons. The maximum Gasteiger partial charge on any atom is 0.119 e. The van der Waals surface area contributed by atoms with E-state index in [1.807, 2.05) is 42.6 Å². The van der Waals surface area contributed by atoms with Gasteiger partial charge in [-0.1, -0.05) is 31.5 Å². The number of unbranched alkanes of at least 4 members (excludes halogenated alkanes) is 1. The molecule has 0 bridgehead atoms. The Hall–Kier alpha value is -1.91. The van der Waals surface area contributed by atoms with Crippen LogP contribution >= 0.6 is 0 Å². The van der Waals surface area contributed by atoms with Crippen molar-refractivity contribution >= 4 is 0 Å². The van der Waals surface area contributed by atoms with Crippen LogP contribution in [-0.2, 0) is 0 Å². The lowest BCUT2D eigenvalue weighted by atomic mass is 10.0. The maximum absolute atomic E-state index is 5.66. The summed E-state index contributed by atoms with van der Waals surface area (Å²) < 4.78 is 5.66. The summed E-state index contributed by atoms with van der Waals surface area (Å²) in [5.41, 5.74) is 4.95. The normalized spacial score (nSPS) is 12.1. The molecule has 0 saturated carbocycles. The quantitative estimate of drug-likeness (QED) is 0.462. The van der Waals surface area contributed by atoms with Crippen LogP contribution in [0.15, 0.2) is 48.8 Å². The van der Waals surface area contributed by atoms with Crippen molar-refractivity contribution in [1.82, 2.24) is 10.4 Å². The number of nitrogens with two attached hydrogens (primary N) is 1. The van der Waals surface area contributed by atoms with Gasteiger partial charge in [-0.05, 0) is 35.7 Å². The van der Waals surface area contributed by atoms with Crippen LogP contribution in [-0.4, -0.2) is 11.6 Å². The van der Waals surface area contributed by atoms with E-state index in [2.05, 4.69) is 17.3 Å². The summed E-state index contributed by atoms with van der Waals surface area (Å²) in [6, 6.07) is 11.9. The average molecular weight is 271 g/mol. The fourth-order valence-electron chi connectivity index (χ4n) is 2.02. The number of hydrogen-bond donors (Lipinski definition) is 2. The molecular weight excluding hydrogens is 250 g/mol. The first-order chi connectivity index (χ1) is 9.85. The number of aromatic nitrogens is 1. The maximum atomic E-state index is 5.66. The molecule has 0 spiro atoms. The monoisotopic (exact) mass is 271 g/mol. The van der Waals surface area contributed by atoms with Crippen LogP contribution < -0.4 is 16.0 Å². The van der Waals surface area contributed by atoms with Crippen molar-refractivity contribution < 1.29 is 4.74 Å². The Balaban J connectivity index is 2.08. The van der Waals surface area contributed by atoms with Crippen LogP contribution in [0.25, 0.3) is 0 Å². The molecule has 2 rings (SSSR count). The third kappa shape index (κ3) is 3.79. The van der Waals surface area contributed by atoms with E-state index in [9.17, 15) is 0 Å². The van der Waals surface area contributed by atoms with Gasteiger partial charge in [0.1, 0.15) is 5.75 Å². The largest absolute Gasteiger partial charge is 0.494 e. The molecule has 1 aromatic carbocycles. The standard InChI is InChI=1S/C16H21N3O/c1-2-3-11-20-15-8-6-13(7-9-15)16(19-17)14-5-4-10-18-12-14/h4-10,12,16,19H,2-3,11,17H2,1H3. The number of pyridine rings is 1. The van der Waals surface area contributed by atoms with Crippen molar-refractivity contribution in [3.63, 3.8) is 0 Å². The number of hydrazine groups is 1. The lowest BCUT2D eigenvalue weighted by Gasteiger charge is -2.17. The number of benzene rings is 1. The number of rotatable bonds is 7. The van der Waals surface area contributed by atoms with Gasteiger partial charge < -0.3 is 4.74 Å². The van der Waals surface area contributed by atoms with Gasteiger partial charge in [-0.2, -0.15) is 0 Å². The zero-order valence-corrected chi connectivity index (χ0v) is 11.8. The summed E-state index contributed by atoms with van der Waals surface area (Å²) in [6.07, 6.45) is 5.78. The van der Waals surface area contributed by atoms with Crippen LogP contribution in [0.5, 0.6) is 5.75 Å². The van der Waals surface area contributed by atoms with Gasteiger partial charge in [0, 0.05) is 12.4 Å². The highest BCUT2D eigenvalue weighted by Crippen LogP contribution is 2.22. The molecule has 106 valence electrons. The zero-order chi connectivity index (χ0) is 14.2.